The standard InChI is InChI=1S/C12H15BrN2O2S/c1-7-6-9(18-10(7)13)12(17)15-8-4-2-3-5-14-11(8)16/h6,8H,2-5H2,1H3,(H,14,16)(H,15,17). The second kappa shape index (κ2) is 5.84. The molecule has 0 bridgehead atoms. The van der Waals surface area contributed by atoms with Crippen molar-refractivity contribution in [3.05, 3.63) is 20.3 Å². The summed E-state index contributed by atoms with van der Waals surface area (Å²) < 4.78 is 0.956. The maximum atomic E-state index is 12.0. The highest BCUT2D eigenvalue weighted by atomic mass is 79.9. The fourth-order valence-corrected chi connectivity index (χ4v) is 3.32. The number of carbonyl (C=O) groups excluding carboxylic acids is 2. The molecule has 0 saturated carbocycles. The first kappa shape index (κ1) is 13.5. The zero-order valence-electron chi connectivity index (χ0n) is 10.1. The summed E-state index contributed by atoms with van der Waals surface area (Å²) in [5.74, 6) is -0.246. The van der Waals surface area contributed by atoms with E-state index in [1.165, 1.54) is 11.3 Å². The lowest BCUT2D eigenvalue weighted by atomic mass is 10.1. The molecule has 2 heterocycles. The third-order valence-electron chi connectivity index (χ3n) is 2.92. The summed E-state index contributed by atoms with van der Waals surface area (Å²) in [5.41, 5.74) is 1.04. The topological polar surface area (TPSA) is 58.2 Å². The molecule has 1 atom stereocenters. The molecule has 1 aromatic heterocycles. The SMILES string of the molecule is Cc1cc(C(=O)NC2CCCCNC2=O)sc1Br. The van der Waals surface area contributed by atoms with Gasteiger partial charge in [0, 0.05) is 6.54 Å². The summed E-state index contributed by atoms with van der Waals surface area (Å²) in [5, 5.41) is 5.61. The van der Waals surface area contributed by atoms with Crippen molar-refractivity contribution in [2.24, 2.45) is 0 Å². The van der Waals surface area contributed by atoms with Crippen LogP contribution in [0, 0.1) is 6.92 Å². The normalized spacial score (nSPS) is 20.1. The Bertz CT molecular complexity index is 453. The van der Waals surface area contributed by atoms with Gasteiger partial charge in [-0.15, -0.1) is 11.3 Å². The van der Waals surface area contributed by atoms with Gasteiger partial charge >= 0.3 is 0 Å². The lowest BCUT2D eigenvalue weighted by Crippen LogP contribution is -2.45. The zero-order chi connectivity index (χ0) is 13.1. The molecule has 18 heavy (non-hydrogen) atoms. The van der Waals surface area contributed by atoms with Gasteiger partial charge in [0.15, 0.2) is 0 Å². The molecule has 2 N–H and O–H groups in total. The summed E-state index contributed by atoms with van der Waals surface area (Å²) in [4.78, 5) is 24.4. The average Bonchev–Trinajstić information content (AvgIpc) is 2.54. The summed E-state index contributed by atoms with van der Waals surface area (Å²) in [6, 6.07) is 1.43. The van der Waals surface area contributed by atoms with E-state index in [-0.39, 0.29) is 11.8 Å². The molecule has 0 aliphatic carbocycles. The molecule has 0 aromatic carbocycles. The van der Waals surface area contributed by atoms with E-state index in [4.69, 9.17) is 0 Å². The van der Waals surface area contributed by atoms with Crippen molar-refractivity contribution in [2.75, 3.05) is 6.54 Å². The smallest absolute Gasteiger partial charge is 0.262 e. The van der Waals surface area contributed by atoms with E-state index in [0.29, 0.717) is 17.8 Å². The highest BCUT2D eigenvalue weighted by Gasteiger charge is 2.23. The third-order valence-corrected chi connectivity index (χ3v) is 5.06. The van der Waals surface area contributed by atoms with E-state index in [0.717, 1.165) is 22.2 Å². The fraction of sp³-hybridized carbons (Fsp3) is 0.500. The Kier molecular flexibility index (Phi) is 4.40. The predicted octanol–water partition coefficient (Wildman–Crippen LogP) is 2.22. The number of aryl methyl sites for hydroxylation is 1. The van der Waals surface area contributed by atoms with Gasteiger partial charge in [0.25, 0.3) is 5.91 Å². The molecule has 1 unspecified atom stereocenters. The minimum absolute atomic E-state index is 0.0757. The first-order valence-electron chi connectivity index (χ1n) is 5.92. The van der Waals surface area contributed by atoms with Crippen molar-refractivity contribution >= 4 is 39.1 Å². The maximum Gasteiger partial charge on any atom is 0.262 e. The minimum atomic E-state index is -0.402. The molecule has 0 radical (unpaired) electrons. The maximum absolute atomic E-state index is 12.0. The molecule has 2 amide bonds. The molecule has 0 spiro atoms. The van der Waals surface area contributed by atoms with Gasteiger partial charge in [-0.1, -0.05) is 0 Å². The van der Waals surface area contributed by atoms with Crippen molar-refractivity contribution in [2.45, 2.75) is 32.2 Å². The largest absolute Gasteiger partial charge is 0.354 e. The highest BCUT2D eigenvalue weighted by Crippen LogP contribution is 2.27. The van der Waals surface area contributed by atoms with Crippen LogP contribution >= 0.6 is 27.3 Å². The number of nitrogens with one attached hydrogen (secondary N) is 2. The number of rotatable bonds is 2. The number of halogens is 1. The van der Waals surface area contributed by atoms with Gasteiger partial charge in [0.05, 0.1) is 8.66 Å². The monoisotopic (exact) mass is 330 g/mol. The molecule has 98 valence electrons. The molecular weight excluding hydrogens is 316 g/mol. The van der Waals surface area contributed by atoms with Gasteiger partial charge in [0.1, 0.15) is 6.04 Å². The first-order valence-corrected chi connectivity index (χ1v) is 7.53. The third kappa shape index (κ3) is 3.11. The Morgan fingerprint density at radius 1 is 1.56 bits per heavy atom. The zero-order valence-corrected chi connectivity index (χ0v) is 12.5. The summed E-state index contributed by atoms with van der Waals surface area (Å²) >= 11 is 4.78. The quantitative estimate of drug-likeness (QED) is 0.873. The van der Waals surface area contributed by atoms with Crippen LogP contribution in [0.15, 0.2) is 9.85 Å². The Balaban J connectivity index is 2.03. The molecule has 1 aliphatic rings. The van der Waals surface area contributed by atoms with E-state index >= 15 is 0 Å². The first-order chi connectivity index (χ1) is 8.58. The van der Waals surface area contributed by atoms with Crippen LogP contribution in [0.5, 0.6) is 0 Å². The van der Waals surface area contributed by atoms with Crippen LogP contribution in [0.1, 0.15) is 34.5 Å². The van der Waals surface area contributed by atoms with E-state index in [1.807, 2.05) is 13.0 Å². The van der Waals surface area contributed by atoms with Gasteiger partial charge in [-0.2, -0.15) is 0 Å². The number of amides is 2. The lowest BCUT2D eigenvalue weighted by molar-refractivity contribution is -0.122. The minimum Gasteiger partial charge on any atom is -0.354 e. The average molecular weight is 331 g/mol. The Hall–Kier alpha value is -0.880. The van der Waals surface area contributed by atoms with Crippen molar-refractivity contribution < 1.29 is 9.59 Å². The number of hydrogen-bond donors (Lipinski definition) is 2. The van der Waals surface area contributed by atoms with Gasteiger partial charge in [0.2, 0.25) is 5.91 Å². The molecule has 1 fully saturated rings. The summed E-state index contributed by atoms with van der Waals surface area (Å²) in [6.45, 7) is 2.64. The number of carbonyl (C=O) groups is 2. The molecule has 1 saturated heterocycles. The number of thiophene rings is 1. The van der Waals surface area contributed by atoms with E-state index < -0.39 is 6.04 Å². The van der Waals surface area contributed by atoms with Crippen molar-refractivity contribution in [1.29, 1.82) is 0 Å². The highest BCUT2D eigenvalue weighted by molar-refractivity contribution is 9.11. The van der Waals surface area contributed by atoms with E-state index in [2.05, 4.69) is 26.6 Å². The summed E-state index contributed by atoms with van der Waals surface area (Å²) in [6.07, 6.45) is 2.64. The van der Waals surface area contributed by atoms with Crippen molar-refractivity contribution in [1.82, 2.24) is 10.6 Å². The molecule has 4 nitrogen and oxygen atoms in total. The Morgan fingerprint density at radius 3 is 3.00 bits per heavy atom. The van der Waals surface area contributed by atoms with Gasteiger partial charge < -0.3 is 10.6 Å². The second-order valence-corrected chi connectivity index (χ2v) is 6.75. The van der Waals surface area contributed by atoms with Crippen molar-refractivity contribution in [3.63, 3.8) is 0 Å². The second-order valence-electron chi connectivity index (χ2n) is 4.38. The van der Waals surface area contributed by atoms with Crippen LogP contribution in [-0.2, 0) is 4.79 Å². The van der Waals surface area contributed by atoms with Crippen LogP contribution < -0.4 is 10.6 Å². The Morgan fingerprint density at radius 2 is 2.33 bits per heavy atom. The molecular formula is C12H15BrN2O2S. The van der Waals surface area contributed by atoms with Crippen LogP contribution in [0.4, 0.5) is 0 Å². The summed E-state index contributed by atoms with van der Waals surface area (Å²) in [7, 11) is 0. The van der Waals surface area contributed by atoms with Crippen LogP contribution in [0.3, 0.4) is 0 Å². The van der Waals surface area contributed by atoms with Crippen molar-refractivity contribution in [3.8, 4) is 0 Å². The van der Waals surface area contributed by atoms with Crippen LogP contribution in [0.2, 0.25) is 0 Å². The predicted molar refractivity (Wildman–Crippen MR) is 74.9 cm³/mol. The fourth-order valence-electron chi connectivity index (χ4n) is 1.88. The Labute approximate surface area is 118 Å². The van der Waals surface area contributed by atoms with E-state index in [1.54, 1.807) is 0 Å². The van der Waals surface area contributed by atoms with Crippen LogP contribution in [0.25, 0.3) is 0 Å². The molecule has 6 heteroatoms. The lowest BCUT2D eigenvalue weighted by Gasteiger charge is -2.14. The van der Waals surface area contributed by atoms with Gasteiger partial charge in [-0.3, -0.25) is 9.59 Å². The van der Waals surface area contributed by atoms with E-state index in [9.17, 15) is 9.59 Å². The molecule has 1 aliphatic heterocycles. The molecule has 1 aromatic rings. The molecule has 2 rings (SSSR count). The van der Waals surface area contributed by atoms with Crippen LogP contribution in [-0.4, -0.2) is 24.4 Å². The van der Waals surface area contributed by atoms with Gasteiger partial charge in [-0.05, 0) is 53.7 Å². The number of hydrogen-bond acceptors (Lipinski definition) is 3. The van der Waals surface area contributed by atoms with Gasteiger partial charge in [-0.25, -0.2) is 0 Å².